The second kappa shape index (κ2) is 8.26. The van der Waals surface area contributed by atoms with Crippen molar-refractivity contribution in [2.45, 2.75) is 6.92 Å². The SMILES string of the molecule is COCOc1ccc(C)cc1/C(=C/C(=O)OC)c1ccccc1F. The highest BCUT2D eigenvalue weighted by Crippen LogP contribution is 2.33. The van der Waals surface area contributed by atoms with Gasteiger partial charge in [0.05, 0.1) is 7.11 Å². The van der Waals surface area contributed by atoms with Crippen LogP contribution in [-0.2, 0) is 14.3 Å². The minimum atomic E-state index is -0.576. The Kier molecular flexibility index (Phi) is 6.09. The van der Waals surface area contributed by atoms with Crippen molar-refractivity contribution in [1.82, 2.24) is 0 Å². The first-order valence-corrected chi connectivity index (χ1v) is 7.34. The summed E-state index contributed by atoms with van der Waals surface area (Å²) in [6, 6.07) is 11.7. The van der Waals surface area contributed by atoms with Crippen LogP contribution in [0.15, 0.2) is 48.5 Å². The van der Waals surface area contributed by atoms with Gasteiger partial charge in [0.2, 0.25) is 0 Å². The van der Waals surface area contributed by atoms with E-state index in [-0.39, 0.29) is 12.4 Å². The molecule has 0 aliphatic heterocycles. The van der Waals surface area contributed by atoms with Crippen molar-refractivity contribution >= 4 is 11.5 Å². The molecular formula is C19H19FO4. The fourth-order valence-electron chi connectivity index (χ4n) is 2.26. The van der Waals surface area contributed by atoms with E-state index in [4.69, 9.17) is 14.2 Å². The molecule has 0 amide bonds. The first kappa shape index (κ1) is 17.7. The van der Waals surface area contributed by atoms with E-state index in [2.05, 4.69) is 0 Å². The summed E-state index contributed by atoms with van der Waals surface area (Å²) in [4.78, 5) is 11.8. The molecule has 0 atom stereocenters. The fraction of sp³-hybridized carbons (Fsp3) is 0.211. The van der Waals surface area contributed by atoms with Crippen LogP contribution in [0.5, 0.6) is 5.75 Å². The molecule has 0 fully saturated rings. The van der Waals surface area contributed by atoms with Gasteiger partial charge in [-0.25, -0.2) is 9.18 Å². The lowest BCUT2D eigenvalue weighted by atomic mass is 9.95. The molecule has 2 rings (SSSR count). The molecule has 0 heterocycles. The van der Waals surface area contributed by atoms with Gasteiger partial charge in [0.15, 0.2) is 6.79 Å². The lowest BCUT2D eigenvalue weighted by Gasteiger charge is -2.15. The van der Waals surface area contributed by atoms with Gasteiger partial charge in [-0.1, -0.05) is 29.8 Å². The zero-order valence-electron chi connectivity index (χ0n) is 13.8. The van der Waals surface area contributed by atoms with E-state index in [0.717, 1.165) is 5.56 Å². The number of rotatable bonds is 6. The summed E-state index contributed by atoms with van der Waals surface area (Å²) < 4.78 is 29.5. The molecule has 0 unspecified atom stereocenters. The van der Waals surface area contributed by atoms with Crippen LogP contribution in [0.25, 0.3) is 5.57 Å². The maximum atomic E-state index is 14.3. The van der Waals surface area contributed by atoms with Crippen molar-refractivity contribution in [2.24, 2.45) is 0 Å². The second-order valence-electron chi connectivity index (χ2n) is 5.11. The summed E-state index contributed by atoms with van der Waals surface area (Å²) in [5.41, 5.74) is 2.20. The highest BCUT2D eigenvalue weighted by Gasteiger charge is 2.17. The first-order valence-electron chi connectivity index (χ1n) is 7.34. The third-order valence-corrected chi connectivity index (χ3v) is 3.38. The van der Waals surface area contributed by atoms with Gasteiger partial charge >= 0.3 is 5.97 Å². The summed E-state index contributed by atoms with van der Waals surface area (Å²) in [6.45, 7) is 1.94. The Morgan fingerprint density at radius 3 is 2.54 bits per heavy atom. The molecule has 0 saturated carbocycles. The number of benzene rings is 2. The molecule has 0 N–H and O–H groups in total. The lowest BCUT2D eigenvalue weighted by Crippen LogP contribution is -2.05. The minimum absolute atomic E-state index is 0.0405. The van der Waals surface area contributed by atoms with Gasteiger partial charge in [-0.15, -0.1) is 0 Å². The molecular weight excluding hydrogens is 311 g/mol. The Morgan fingerprint density at radius 1 is 1.12 bits per heavy atom. The van der Waals surface area contributed by atoms with Gasteiger partial charge in [-0.05, 0) is 25.1 Å². The number of hydrogen-bond donors (Lipinski definition) is 0. The third-order valence-electron chi connectivity index (χ3n) is 3.38. The fourth-order valence-corrected chi connectivity index (χ4v) is 2.26. The summed E-state index contributed by atoms with van der Waals surface area (Å²) in [5, 5.41) is 0. The molecule has 0 radical (unpaired) electrons. The predicted molar refractivity (Wildman–Crippen MR) is 89.2 cm³/mol. The number of hydrogen-bond acceptors (Lipinski definition) is 4. The summed E-state index contributed by atoms with van der Waals surface area (Å²) in [5.74, 6) is -0.528. The standard InChI is InChI=1S/C19H19FO4/c1-13-8-9-18(24-12-22-2)16(10-13)15(11-19(21)23-3)14-6-4-5-7-17(14)20/h4-11H,12H2,1-3H3/b15-11+. The molecule has 5 heteroatoms. The van der Waals surface area contributed by atoms with Crippen LogP contribution in [0.1, 0.15) is 16.7 Å². The van der Waals surface area contributed by atoms with Crippen molar-refractivity contribution in [3.8, 4) is 5.75 Å². The molecule has 2 aromatic carbocycles. The zero-order valence-corrected chi connectivity index (χ0v) is 13.8. The number of halogens is 1. The Labute approximate surface area is 140 Å². The number of ether oxygens (including phenoxy) is 3. The van der Waals surface area contributed by atoms with Gasteiger partial charge in [0.25, 0.3) is 0 Å². The van der Waals surface area contributed by atoms with Crippen LogP contribution in [0, 0.1) is 12.7 Å². The van der Waals surface area contributed by atoms with Crippen molar-refractivity contribution in [3.63, 3.8) is 0 Å². The van der Waals surface area contributed by atoms with E-state index in [1.807, 2.05) is 19.1 Å². The molecule has 2 aromatic rings. The maximum Gasteiger partial charge on any atom is 0.331 e. The van der Waals surface area contributed by atoms with Crippen LogP contribution in [0.2, 0.25) is 0 Å². The number of aryl methyl sites for hydroxylation is 1. The topological polar surface area (TPSA) is 44.8 Å². The molecule has 0 aliphatic carbocycles. The minimum Gasteiger partial charge on any atom is -0.467 e. The van der Waals surface area contributed by atoms with E-state index in [9.17, 15) is 9.18 Å². The normalized spacial score (nSPS) is 11.2. The summed E-state index contributed by atoms with van der Waals surface area (Å²) in [6.07, 6.45) is 1.26. The zero-order chi connectivity index (χ0) is 17.5. The Balaban J connectivity index is 2.64. The van der Waals surface area contributed by atoms with Crippen molar-refractivity contribution in [3.05, 3.63) is 71.0 Å². The average Bonchev–Trinajstić information content (AvgIpc) is 2.59. The number of carbonyl (C=O) groups excluding carboxylic acids is 1. The molecule has 126 valence electrons. The molecule has 0 bridgehead atoms. The van der Waals surface area contributed by atoms with Gasteiger partial charge in [-0.3, -0.25) is 0 Å². The third kappa shape index (κ3) is 4.20. The highest BCUT2D eigenvalue weighted by atomic mass is 19.1. The predicted octanol–water partition coefficient (Wildman–Crippen LogP) is 3.72. The molecule has 0 aromatic heterocycles. The first-order chi connectivity index (χ1) is 11.6. The number of carbonyl (C=O) groups is 1. The van der Waals surface area contributed by atoms with Crippen molar-refractivity contribution in [1.29, 1.82) is 0 Å². The largest absolute Gasteiger partial charge is 0.467 e. The quantitative estimate of drug-likeness (QED) is 0.460. The van der Waals surface area contributed by atoms with Crippen LogP contribution in [0.4, 0.5) is 4.39 Å². The van der Waals surface area contributed by atoms with E-state index in [0.29, 0.717) is 16.9 Å². The Hall–Kier alpha value is -2.66. The van der Waals surface area contributed by atoms with Gasteiger partial charge < -0.3 is 14.2 Å². The Morgan fingerprint density at radius 2 is 1.88 bits per heavy atom. The molecule has 0 spiro atoms. The number of esters is 1. The van der Waals surface area contributed by atoms with E-state index >= 15 is 0 Å². The Bertz CT molecular complexity index is 753. The van der Waals surface area contributed by atoms with Gasteiger partial charge in [-0.2, -0.15) is 0 Å². The van der Waals surface area contributed by atoms with Crippen LogP contribution in [0.3, 0.4) is 0 Å². The van der Waals surface area contributed by atoms with Crippen LogP contribution in [-0.4, -0.2) is 27.0 Å². The van der Waals surface area contributed by atoms with E-state index in [1.165, 1.54) is 26.4 Å². The molecule has 4 nitrogen and oxygen atoms in total. The maximum absolute atomic E-state index is 14.3. The van der Waals surface area contributed by atoms with Gasteiger partial charge in [0, 0.05) is 29.9 Å². The van der Waals surface area contributed by atoms with E-state index < -0.39 is 11.8 Å². The smallest absolute Gasteiger partial charge is 0.331 e. The number of methoxy groups -OCH3 is 2. The highest BCUT2D eigenvalue weighted by molar-refractivity contribution is 5.97. The van der Waals surface area contributed by atoms with E-state index in [1.54, 1.807) is 24.3 Å². The molecule has 24 heavy (non-hydrogen) atoms. The summed E-state index contributed by atoms with van der Waals surface area (Å²) in [7, 11) is 2.78. The monoisotopic (exact) mass is 330 g/mol. The molecule has 0 saturated heterocycles. The van der Waals surface area contributed by atoms with Crippen molar-refractivity contribution < 1.29 is 23.4 Å². The summed E-state index contributed by atoms with van der Waals surface area (Å²) >= 11 is 0. The second-order valence-corrected chi connectivity index (χ2v) is 5.11. The van der Waals surface area contributed by atoms with Gasteiger partial charge in [0.1, 0.15) is 11.6 Å². The lowest BCUT2D eigenvalue weighted by molar-refractivity contribution is -0.134. The molecule has 0 aliphatic rings. The van der Waals surface area contributed by atoms with Crippen LogP contribution >= 0.6 is 0 Å². The average molecular weight is 330 g/mol. The van der Waals surface area contributed by atoms with Crippen molar-refractivity contribution in [2.75, 3.05) is 21.0 Å². The van der Waals surface area contributed by atoms with Crippen LogP contribution < -0.4 is 4.74 Å².